The Bertz CT molecular complexity index is 937. The van der Waals surface area contributed by atoms with Crippen LogP contribution in [0.5, 0.6) is 5.75 Å². The fourth-order valence-corrected chi connectivity index (χ4v) is 3.60. The number of aryl methyl sites for hydroxylation is 1. The third-order valence-corrected chi connectivity index (χ3v) is 5.36. The van der Waals surface area contributed by atoms with Crippen LogP contribution in [0.3, 0.4) is 0 Å². The number of nitrogens with zero attached hydrogens (tertiary/aromatic N) is 1. The quantitative estimate of drug-likeness (QED) is 0.603. The van der Waals surface area contributed by atoms with Crippen LogP contribution in [0.4, 0.5) is 5.69 Å². The van der Waals surface area contributed by atoms with Crippen LogP contribution < -0.4 is 15.4 Å². The molecule has 2 atom stereocenters. The summed E-state index contributed by atoms with van der Waals surface area (Å²) in [5.74, 6) is 0.537. The zero-order valence-corrected chi connectivity index (χ0v) is 17.3. The first-order valence-electron chi connectivity index (χ1n) is 9.20. The van der Waals surface area contributed by atoms with Gasteiger partial charge in [-0.05, 0) is 38.5 Å². The van der Waals surface area contributed by atoms with Crippen LogP contribution in [-0.4, -0.2) is 24.0 Å². The normalized spacial score (nSPS) is 13.0. The number of methoxy groups -OCH3 is 1. The summed E-state index contributed by atoms with van der Waals surface area (Å²) in [4.78, 5) is 17.1. The highest BCUT2D eigenvalue weighted by molar-refractivity contribution is 7.09. The summed E-state index contributed by atoms with van der Waals surface area (Å²) in [6, 6.07) is 15.3. The van der Waals surface area contributed by atoms with Gasteiger partial charge >= 0.3 is 0 Å². The maximum Gasteiger partial charge on any atom is 0.241 e. The molecule has 0 aliphatic carbocycles. The summed E-state index contributed by atoms with van der Waals surface area (Å²) >= 11 is 1.65. The number of aromatic nitrogens is 1. The van der Waals surface area contributed by atoms with Crippen LogP contribution in [0, 0.1) is 6.92 Å². The van der Waals surface area contributed by atoms with Crippen molar-refractivity contribution in [3.8, 4) is 17.0 Å². The van der Waals surface area contributed by atoms with E-state index in [4.69, 9.17) is 4.74 Å². The molecule has 5 nitrogen and oxygen atoms in total. The van der Waals surface area contributed by atoms with Crippen molar-refractivity contribution >= 4 is 22.9 Å². The molecule has 0 aliphatic rings. The van der Waals surface area contributed by atoms with Gasteiger partial charge in [-0.2, -0.15) is 0 Å². The van der Waals surface area contributed by atoms with Gasteiger partial charge in [0, 0.05) is 17.0 Å². The topological polar surface area (TPSA) is 63.2 Å². The summed E-state index contributed by atoms with van der Waals surface area (Å²) in [6.07, 6.45) is 0. The molecule has 2 N–H and O–H groups in total. The van der Waals surface area contributed by atoms with E-state index in [1.165, 1.54) is 0 Å². The van der Waals surface area contributed by atoms with E-state index < -0.39 is 0 Å². The molecular weight excluding hydrogens is 370 g/mol. The van der Waals surface area contributed by atoms with Crippen molar-refractivity contribution in [3.63, 3.8) is 0 Å². The number of amides is 1. The number of carbonyl (C=O) groups is 1. The number of thiazole rings is 1. The summed E-state index contributed by atoms with van der Waals surface area (Å²) in [5, 5.41) is 9.39. The van der Waals surface area contributed by atoms with Gasteiger partial charge in [0.05, 0.1) is 29.5 Å². The number of carbonyl (C=O) groups excluding carboxylic acids is 1. The Morgan fingerprint density at radius 1 is 1.11 bits per heavy atom. The van der Waals surface area contributed by atoms with Gasteiger partial charge in [0.25, 0.3) is 0 Å². The highest BCUT2D eigenvalue weighted by Crippen LogP contribution is 2.25. The summed E-state index contributed by atoms with van der Waals surface area (Å²) < 4.78 is 5.29. The first-order chi connectivity index (χ1) is 13.5. The number of hydrogen-bond acceptors (Lipinski definition) is 5. The number of anilines is 1. The van der Waals surface area contributed by atoms with Crippen LogP contribution >= 0.6 is 11.3 Å². The zero-order chi connectivity index (χ0) is 20.1. The minimum Gasteiger partial charge on any atom is -0.495 e. The molecule has 0 bridgehead atoms. The Kier molecular flexibility index (Phi) is 6.44. The third kappa shape index (κ3) is 4.77. The number of para-hydroxylation sites is 2. The first kappa shape index (κ1) is 20.0. The van der Waals surface area contributed by atoms with Gasteiger partial charge in [-0.3, -0.25) is 10.1 Å². The average molecular weight is 396 g/mol. The first-order valence-corrected chi connectivity index (χ1v) is 10.1. The molecule has 6 heteroatoms. The lowest BCUT2D eigenvalue weighted by Gasteiger charge is -2.20. The molecule has 0 spiro atoms. The molecule has 1 aromatic heterocycles. The predicted octanol–water partition coefficient (Wildman–Crippen LogP) is 4.80. The summed E-state index contributed by atoms with van der Waals surface area (Å²) in [5.41, 5.74) is 3.88. The molecule has 1 heterocycles. The molecular formula is C22H25N3O2S. The molecule has 2 aromatic carbocycles. The maximum absolute atomic E-state index is 12.6. The average Bonchev–Trinajstić information content (AvgIpc) is 3.14. The van der Waals surface area contributed by atoms with Gasteiger partial charge in [-0.1, -0.05) is 36.4 Å². The third-order valence-electron chi connectivity index (χ3n) is 4.58. The molecule has 0 aliphatic heterocycles. The molecule has 146 valence electrons. The molecule has 0 fully saturated rings. The molecule has 3 aromatic rings. The number of benzene rings is 2. The smallest absolute Gasteiger partial charge is 0.241 e. The Labute approximate surface area is 169 Å². The van der Waals surface area contributed by atoms with E-state index in [9.17, 15) is 4.79 Å². The van der Waals surface area contributed by atoms with Crippen LogP contribution in [0.2, 0.25) is 0 Å². The van der Waals surface area contributed by atoms with Crippen LogP contribution in [0.15, 0.2) is 53.9 Å². The number of nitrogens with one attached hydrogen (secondary N) is 2. The van der Waals surface area contributed by atoms with Gasteiger partial charge < -0.3 is 10.1 Å². The predicted molar refractivity (Wildman–Crippen MR) is 115 cm³/mol. The van der Waals surface area contributed by atoms with Crippen LogP contribution in [-0.2, 0) is 4.79 Å². The van der Waals surface area contributed by atoms with E-state index in [2.05, 4.69) is 52.2 Å². The van der Waals surface area contributed by atoms with Crippen molar-refractivity contribution in [1.29, 1.82) is 0 Å². The lowest BCUT2D eigenvalue weighted by molar-refractivity contribution is -0.117. The fourth-order valence-electron chi connectivity index (χ4n) is 2.97. The Hall–Kier alpha value is -2.70. The van der Waals surface area contributed by atoms with Crippen LogP contribution in [0.1, 0.15) is 30.5 Å². The monoisotopic (exact) mass is 395 g/mol. The van der Waals surface area contributed by atoms with Crippen LogP contribution in [0.25, 0.3) is 11.3 Å². The van der Waals surface area contributed by atoms with E-state index in [-0.39, 0.29) is 18.0 Å². The van der Waals surface area contributed by atoms with Gasteiger partial charge in [0.1, 0.15) is 5.75 Å². The SMILES string of the molecule is COc1ccccc1NC(=O)[C@H](C)N[C@@H](C)c1ccc(-c2csc(C)n2)cc1. The lowest BCUT2D eigenvalue weighted by Crippen LogP contribution is -2.39. The highest BCUT2D eigenvalue weighted by atomic mass is 32.1. The van der Waals surface area contributed by atoms with E-state index in [1.54, 1.807) is 18.4 Å². The summed E-state index contributed by atoms with van der Waals surface area (Å²) in [7, 11) is 1.59. The Morgan fingerprint density at radius 2 is 1.82 bits per heavy atom. The molecule has 1 amide bonds. The van der Waals surface area contributed by atoms with Crippen molar-refractivity contribution in [2.75, 3.05) is 12.4 Å². The minimum atomic E-state index is -0.360. The van der Waals surface area contributed by atoms with Crippen molar-refractivity contribution in [3.05, 3.63) is 64.5 Å². The second-order valence-corrected chi connectivity index (χ2v) is 7.74. The number of rotatable bonds is 7. The van der Waals surface area contributed by atoms with Crippen molar-refractivity contribution in [1.82, 2.24) is 10.3 Å². The molecule has 0 saturated heterocycles. The van der Waals surface area contributed by atoms with Gasteiger partial charge in [0.15, 0.2) is 0 Å². The van der Waals surface area contributed by atoms with E-state index in [0.29, 0.717) is 11.4 Å². The van der Waals surface area contributed by atoms with Gasteiger partial charge in [-0.25, -0.2) is 4.98 Å². The van der Waals surface area contributed by atoms with Gasteiger partial charge in [-0.15, -0.1) is 11.3 Å². The summed E-state index contributed by atoms with van der Waals surface area (Å²) in [6.45, 7) is 5.91. The van der Waals surface area contributed by atoms with E-state index in [0.717, 1.165) is 21.8 Å². The number of ether oxygens (including phenoxy) is 1. The second-order valence-electron chi connectivity index (χ2n) is 6.67. The molecule has 0 saturated carbocycles. The second kappa shape index (κ2) is 8.99. The molecule has 0 unspecified atom stereocenters. The number of hydrogen-bond donors (Lipinski definition) is 2. The largest absolute Gasteiger partial charge is 0.495 e. The lowest BCUT2D eigenvalue weighted by atomic mass is 10.0. The van der Waals surface area contributed by atoms with Crippen molar-refractivity contribution in [2.45, 2.75) is 32.9 Å². The van der Waals surface area contributed by atoms with E-state index in [1.807, 2.05) is 38.1 Å². The highest BCUT2D eigenvalue weighted by Gasteiger charge is 2.18. The minimum absolute atomic E-state index is 0.0321. The van der Waals surface area contributed by atoms with Gasteiger partial charge in [0.2, 0.25) is 5.91 Å². The molecule has 28 heavy (non-hydrogen) atoms. The fraction of sp³-hybridized carbons (Fsp3) is 0.273. The maximum atomic E-state index is 12.6. The zero-order valence-electron chi connectivity index (χ0n) is 16.5. The Morgan fingerprint density at radius 3 is 2.46 bits per heavy atom. The Balaban J connectivity index is 1.61. The molecule has 0 radical (unpaired) electrons. The molecule has 3 rings (SSSR count). The standard InChI is InChI=1S/C22H25N3O2S/c1-14(17-9-11-18(12-10-17)20-13-28-16(3)24-20)23-15(2)22(26)25-19-7-5-6-8-21(19)27-4/h5-15,23H,1-4H3,(H,25,26)/t14-,15-/m0/s1. The van der Waals surface area contributed by atoms with Crippen molar-refractivity contribution in [2.24, 2.45) is 0 Å². The van der Waals surface area contributed by atoms with Crippen molar-refractivity contribution < 1.29 is 9.53 Å². The van der Waals surface area contributed by atoms with E-state index >= 15 is 0 Å².